The Morgan fingerprint density at radius 2 is 1.70 bits per heavy atom. The van der Waals surface area contributed by atoms with Gasteiger partial charge in [0.25, 0.3) is 11.8 Å². The smallest absolute Gasteiger partial charge is 0.267 e. The van der Waals surface area contributed by atoms with Gasteiger partial charge in [0.05, 0.1) is 17.0 Å². The number of aryl methyl sites for hydroxylation is 2. The van der Waals surface area contributed by atoms with Gasteiger partial charge in [-0.05, 0) is 44.5 Å². The number of hydrazine groups is 1. The Kier molecular flexibility index (Phi) is 4.43. The molecule has 0 unspecified atom stereocenters. The Balaban J connectivity index is 1.65. The largest absolute Gasteiger partial charge is 0.275 e. The first-order valence-corrected chi connectivity index (χ1v) is 9.46. The van der Waals surface area contributed by atoms with Crippen molar-refractivity contribution >= 4 is 33.4 Å². The molecule has 0 N–H and O–H groups in total. The maximum absolute atomic E-state index is 13.2. The van der Waals surface area contributed by atoms with Crippen LogP contribution >= 0.6 is 15.9 Å². The molecule has 1 aliphatic rings. The van der Waals surface area contributed by atoms with E-state index in [-0.39, 0.29) is 11.8 Å². The Hall–Kier alpha value is -2.74. The summed E-state index contributed by atoms with van der Waals surface area (Å²) in [5.74, 6) is -0.423. The highest BCUT2D eigenvalue weighted by atomic mass is 79.9. The maximum Gasteiger partial charge on any atom is 0.275 e. The molecule has 1 fully saturated rings. The Morgan fingerprint density at radius 1 is 1.04 bits per heavy atom. The Labute approximate surface area is 164 Å². The molecule has 7 nitrogen and oxygen atoms in total. The average Bonchev–Trinajstić information content (AvgIpc) is 3.28. The summed E-state index contributed by atoms with van der Waals surface area (Å²) in [5, 5.41) is 7.42. The van der Waals surface area contributed by atoms with Gasteiger partial charge < -0.3 is 0 Å². The van der Waals surface area contributed by atoms with Crippen LogP contribution in [0.3, 0.4) is 0 Å². The molecule has 27 heavy (non-hydrogen) atoms. The van der Waals surface area contributed by atoms with Gasteiger partial charge in [0.1, 0.15) is 0 Å². The van der Waals surface area contributed by atoms with Crippen LogP contribution in [0.1, 0.15) is 38.5 Å². The van der Waals surface area contributed by atoms with Gasteiger partial charge in [-0.1, -0.05) is 15.9 Å². The van der Waals surface area contributed by atoms with E-state index in [4.69, 9.17) is 0 Å². The van der Waals surface area contributed by atoms with Crippen molar-refractivity contribution in [1.29, 1.82) is 0 Å². The third-order valence-corrected chi connectivity index (χ3v) is 5.20. The average molecular weight is 428 g/mol. The first kappa shape index (κ1) is 17.7. The standard InChI is InChI=1S/C19H18BrN5O2/c1-12-10-17-21-11-16(13(2)25(17)22-12)19(27)24-9-3-8-23(24)18(26)14-4-6-15(20)7-5-14/h4-7,10-11H,3,8-9H2,1-2H3. The van der Waals surface area contributed by atoms with Crippen LogP contribution in [-0.4, -0.2) is 49.5 Å². The van der Waals surface area contributed by atoms with E-state index < -0.39 is 0 Å². The van der Waals surface area contributed by atoms with Crippen LogP contribution in [0, 0.1) is 13.8 Å². The summed E-state index contributed by atoms with van der Waals surface area (Å²) in [6.07, 6.45) is 2.30. The number of fused-ring (bicyclic) bond motifs is 1. The van der Waals surface area contributed by atoms with Crippen molar-refractivity contribution in [1.82, 2.24) is 24.6 Å². The lowest BCUT2D eigenvalue weighted by Gasteiger charge is -2.28. The molecule has 1 aromatic carbocycles. The first-order valence-electron chi connectivity index (χ1n) is 8.67. The van der Waals surface area contributed by atoms with E-state index in [0.29, 0.717) is 35.6 Å². The third kappa shape index (κ3) is 3.10. The number of amides is 2. The van der Waals surface area contributed by atoms with E-state index in [9.17, 15) is 9.59 Å². The number of hydrogen-bond donors (Lipinski definition) is 0. The molecule has 0 aliphatic carbocycles. The normalized spacial score (nSPS) is 14.2. The van der Waals surface area contributed by atoms with Crippen molar-refractivity contribution < 1.29 is 9.59 Å². The van der Waals surface area contributed by atoms with Gasteiger partial charge >= 0.3 is 0 Å². The summed E-state index contributed by atoms with van der Waals surface area (Å²) < 4.78 is 2.57. The minimum Gasteiger partial charge on any atom is -0.267 e. The number of aromatic nitrogens is 3. The molecule has 1 aliphatic heterocycles. The number of rotatable bonds is 2. The van der Waals surface area contributed by atoms with Gasteiger partial charge in [0.2, 0.25) is 0 Å². The minimum atomic E-state index is -0.238. The van der Waals surface area contributed by atoms with E-state index >= 15 is 0 Å². The van der Waals surface area contributed by atoms with Crippen molar-refractivity contribution in [2.24, 2.45) is 0 Å². The van der Waals surface area contributed by atoms with Crippen LogP contribution in [0.2, 0.25) is 0 Å². The number of nitrogens with zero attached hydrogens (tertiary/aromatic N) is 5. The summed E-state index contributed by atoms with van der Waals surface area (Å²) in [6, 6.07) is 8.99. The minimum absolute atomic E-state index is 0.185. The second kappa shape index (κ2) is 6.77. The topological polar surface area (TPSA) is 70.8 Å². The van der Waals surface area contributed by atoms with Crippen LogP contribution in [0.4, 0.5) is 0 Å². The highest BCUT2D eigenvalue weighted by Gasteiger charge is 2.33. The highest BCUT2D eigenvalue weighted by Crippen LogP contribution is 2.21. The van der Waals surface area contributed by atoms with Crippen molar-refractivity contribution in [3.63, 3.8) is 0 Å². The Morgan fingerprint density at radius 3 is 2.41 bits per heavy atom. The molecule has 3 aromatic rings. The van der Waals surface area contributed by atoms with E-state index in [1.807, 2.05) is 32.0 Å². The Bertz CT molecular complexity index is 1040. The van der Waals surface area contributed by atoms with Gasteiger partial charge in [-0.15, -0.1) is 0 Å². The molecule has 0 bridgehead atoms. The number of halogens is 1. The van der Waals surface area contributed by atoms with Crippen LogP contribution in [0.5, 0.6) is 0 Å². The molecule has 0 radical (unpaired) electrons. The van der Waals surface area contributed by atoms with Crippen molar-refractivity contribution in [3.8, 4) is 0 Å². The highest BCUT2D eigenvalue weighted by molar-refractivity contribution is 9.10. The molecule has 8 heteroatoms. The molecule has 1 saturated heterocycles. The van der Waals surface area contributed by atoms with Gasteiger partial charge in [-0.3, -0.25) is 9.59 Å². The fourth-order valence-electron chi connectivity index (χ4n) is 3.29. The van der Waals surface area contributed by atoms with Crippen molar-refractivity contribution in [2.45, 2.75) is 20.3 Å². The number of carbonyl (C=O) groups excluding carboxylic acids is 2. The van der Waals surface area contributed by atoms with Crippen molar-refractivity contribution in [3.05, 3.63) is 63.5 Å². The maximum atomic E-state index is 13.2. The van der Waals surface area contributed by atoms with Gasteiger partial charge in [-0.2, -0.15) is 5.10 Å². The van der Waals surface area contributed by atoms with Crippen molar-refractivity contribution in [2.75, 3.05) is 13.1 Å². The number of benzene rings is 1. The summed E-state index contributed by atoms with van der Waals surface area (Å²) in [5.41, 5.74) is 3.24. The van der Waals surface area contributed by atoms with Crippen LogP contribution in [0.15, 0.2) is 41.0 Å². The monoisotopic (exact) mass is 427 g/mol. The lowest BCUT2D eigenvalue weighted by molar-refractivity contribution is 0.0185. The quantitative estimate of drug-likeness (QED) is 0.629. The summed E-state index contributed by atoms with van der Waals surface area (Å²) in [7, 11) is 0. The van der Waals surface area contributed by atoms with E-state index in [0.717, 1.165) is 16.6 Å². The molecule has 3 heterocycles. The van der Waals surface area contributed by atoms with Gasteiger partial charge in [0, 0.05) is 35.4 Å². The van der Waals surface area contributed by atoms with Crippen LogP contribution in [-0.2, 0) is 0 Å². The molecular formula is C19H18BrN5O2. The van der Waals surface area contributed by atoms with Gasteiger partial charge in [0.15, 0.2) is 5.65 Å². The molecular weight excluding hydrogens is 410 g/mol. The fraction of sp³-hybridized carbons (Fsp3) is 0.263. The van der Waals surface area contributed by atoms with E-state index in [2.05, 4.69) is 26.0 Å². The zero-order valence-electron chi connectivity index (χ0n) is 15.0. The second-order valence-electron chi connectivity index (χ2n) is 6.53. The van der Waals surface area contributed by atoms with Crippen LogP contribution in [0.25, 0.3) is 5.65 Å². The summed E-state index contributed by atoms with van der Waals surface area (Å²) in [4.78, 5) is 30.4. The molecule has 4 rings (SSSR count). The molecule has 0 atom stereocenters. The lowest BCUT2D eigenvalue weighted by atomic mass is 10.2. The molecule has 0 saturated carbocycles. The zero-order chi connectivity index (χ0) is 19.1. The SMILES string of the molecule is Cc1cc2ncc(C(=O)N3CCCN3C(=O)c3ccc(Br)cc3)c(C)n2n1. The molecule has 2 amide bonds. The first-order chi connectivity index (χ1) is 13.0. The van der Waals surface area contributed by atoms with Gasteiger partial charge in [-0.25, -0.2) is 19.5 Å². The van der Waals surface area contributed by atoms with E-state index in [1.165, 1.54) is 10.0 Å². The van der Waals surface area contributed by atoms with E-state index in [1.54, 1.807) is 22.8 Å². The predicted molar refractivity (Wildman–Crippen MR) is 103 cm³/mol. The zero-order valence-corrected chi connectivity index (χ0v) is 16.6. The molecule has 2 aromatic heterocycles. The number of carbonyl (C=O) groups is 2. The van der Waals surface area contributed by atoms with Crippen LogP contribution < -0.4 is 0 Å². The summed E-state index contributed by atoms with van der Waals surface area (Å²) in [6.45, 7) is 4.73. The fourth-order valence-corrected chi connectivity index (χ4v) is 3.55. The number of hydrogen-bond acceptors (Lipinski definition) is 4. The predicted octanol–water partition coefficient (Wildman–Crippen LogP) is 3.01. The lowest BCUT2D eigenvalue weighted by Crippen LogP contribution is -2.45. The third-order valence-electron chi connectivity index (χ3n) is 4.67. The molecule has 0 spiro atoms. The summed E-state index contributed by atoms with van der Waals surface area (Å²) >= 11 is 3.37. The second-order valence-corrected chi connectivity index (χ2v) is 7.45. The molecule has 138 valence electrons.